The molecule has 2 rings (SSSR count). The topological polar surface area (TPSA) is 74.8 Å². The lowest BCUT2D eigenvalue weighted by Crippen LogP contribution is -2.24. The van der Waals surface area contributed by atoms with Crippen LogP contribution in [0, 0.1) is 0 Å². The van der Waals surface area contributed by atoms with Crippen LogP contribution in [0.1, 0.15) is 16.1 Å². The summed E-state index contributed by atoms with van der Waals surface area (Å²) in [4.78, 5) is 29.3. The molecule has 17 heavy (non-hydrogen) atoms. The molecule has 0 saturated carbocycles. The molecule has 0 bridgehead atoms. The first-order valence-corrected chi connectivity index (χ1v) is 5.11. The zero-order valence-corrected chi connectivity index (χ0v) is 9.01. The van der Waals surface area contributed by atoms with Crippen molar-refractivity contribution in [2.24, 2.45) is 0 Å². The molecule has 0 unspecified atom stereocenters. The Morgan fingerprint density at radius 1 is 1.29 bits per heavy atom. The fourth-order valence-corrected chi connectivity index (χ4v) is 1.35. The number of amides is 1. The van der Waals surface area contributed by atoms with Crippen LogP contribution in [0.25, 0.3) is 0 Å². The molecule has 5 nitrogen and oxygen atoms in total. The van der Waals surface area contributed by atoms with E-state index < -0.39 is 0 Å². The molecule has 1 amide bonds. The van der Waals surface area contributed by atoms with Crippen LogP contribution in [0.15, 0.2) is 47.7 Å². The number of pyridine rings is 2. The predicted molar refractivity (Wildman–Crippen MR) is 62.5 cm³/mol. The number of carbonyl (C=O) groups is 1. The largest absolute Gasteiger partial charge is 0.357 e. The average Bonchev–Trinajstić information content (AvgIpc) is 2.37. The fourth-order valence-electron chi connectivity index (χ4n) is 1.35. The van der Waals surface area contributed by atoms with Crippen LogP contribution in [-0.2, 0) is 6.54 Å². The number of hydrogen-bond donors (Lipinski definition) is 2. The first-order valence-electron chi connectivity index (χ1n) is 5.11. The Bertz CT molecular complexity index is 563. The van der Waals surface area contributed by atoms with Crippen molar-refractivity contribution in [3.8, 4) is 0 Å². The van der Waals surface area contributed by atoms with Crippen molar-refractivity contribution < 1.29 is 4.79 Å². The highest BCUT2D eigenvalue weighted by Crippen LogP contribution is 1.96. The third-order valence-corrected chi connectivity index (χ3v) is 2.22. The SMILES string of the molecule is O=C(NCc1ccncc1)c1cc(=O)cc[nH]1. The van der Waals surface area contributed by atoms with Crippen molar-refractivity contribution in [2.75, 3.05) is 0 Å². The number of nitrogens with zero attached hydrogens (tertiary/aromatic N) is 1. The summed E-state index contributed by atoms with van der Waals surface area (Å²) in [5, 5.41) is 2.71. The van der Waals surface area contributed by atoms with Gasteiger partial charge in [-0.15, -0.1) is 0 Å². The van der Waals surface area contributed by atoms with E-state index in [1.165, 1.54) is 18.3 Å². The third-order valence-electron chi connectivity index (χ3n) is 2.22. The molecule has 0 aliphatic carbocycles. The van der Waals surface area contributed by atoms with E-state index in [9.17, 15) is 9.59 Å². The monoisotopic (exact) mass is 229 g/mol. The second kappa shape index (κ2) is 5.07. The number of aromatic amines is 1. The molecule has 2 N–H and O–H groups in total. The predicted octanol–water partition coefficient (Wildman–Crippen LogP) is 0.700. The summed E-state index contributed by atoms with van der Waals surface area (Å²) in [6.07, 6.45) is 4.77. The quantitative estimate of drug-likeness (QED) is 0.813. The first kappa shape index (κ1) is 11.1. The van der Waals surface area contributed by atoms with Crippen molar-refractivity contribution >= 4 is 5.91 Å². The molecular weight excluding hydrogens is 218 g/mol. The molecule has 0 atom stereocenters. The van der Waals surface area contributed by atoms with Crippen molar-refractivity contribution in [3.05, 3.63) is 64.3 Å². The van der Waals surface area contributed by atoms with Gasteiger partial charge in [0.2, 0.25) is 0 Å². The molecule has 0 aliphatic heterocycles. The molecule has 0 aliphatic rings. The Morgan fingerprint density at radius 2 is 2.06 bits per heavy atom. The molecule has 2 aromatic rings. The number of hydrogen-bond acceptors (Lipinski definition) is 3. The van der Waals surface area contributed by atoms with E-state index in [4.69, 9.17) is 0 Å². The van der Waals surface area contributed by atoms with Crippen LogP contribution in [0.4, 0.5) is 0 Å². The maximum absolute atomic E-state index is 11.7. The number of nitrogens with one attached hydrogen (secondary N) is 2. The normalized spacial score (nSPS) is 9.88. The Labute approximate surface area is 97.5 Å². The Balaban J connectivity index is 2.01. The highest BCUT2D eigenvalue weighted by atomic mass is 16.2. The minimum Gasteiger partial charge on any atom is -0.357 e. The van der Waals surface area contributed by atoms with Gasteiger partial charge >= 0.3 is 0 Å². The second-order valence-corrected chi connectivity index (χ2v) is 3.48. The van der Waals surface area contributed by atoms with E-state index in [0.717, 1.165) is 5.56 Å². The van der Waals surface area contributed by atoms with Crippen LogP contribution >= 0.6 is 0 Å². The van der Waals surface area contributed by atoms with Crippen molar-refractivity contribution in [1.29, 1.82) is 0 Å². The van der Waals surface area contributed by atoms with E-state index in [0.29, 0.717) is 6.54 Å². The summed E-state index contributed by atoms with van der Waals surface area (Å²) in [6, 6.07) is 6.25. The molecule has 0 spiro atoms. The lowest BCUT2D eigenvalue weighted by Gasteiger charge is -2.04. The molecule has 0 radical (unpaired) electrons. The van der Waals surface area contributed by atoms with E-state index in [1.807, 2.05) is 12.1 Å². The molecular formula is C12H11N3O2. The van der Waals surface area contributed by atoms with Gasteiger partial charge in [0.05, 0.1) is 0 Å². The lowest BCUT2D eigenvalue weighted by molar-refractivity contribution is 0.0946. The van der Waals surface area contributed by atoms with Crippen molar-refractivity contribution in [1.82, 2.24) is 15.3 Å². The standard InChI is InChI=1S/C12H11N3O2/c16-10-3-6-14-11(7-10)12(17)15-8-9-1-4-13-5-2-9/h1-7H,8H2,(H,14,16)(H,15,17). The van der Waals surface area contributed by atoms with Crippen LogP contribution in [0.3, 0.4) is 0 Å². The summed E-state index contributed by atoms with van der Waals surface area (Å²) in [5.41, 5.74) is 1.01. The molecule has 0 saturated heterocycles. The zero-order valence-electron chi connectivity index (χ0n) is 9.01. The van der Waals surface area contributed by atoms with Crippen molar-refractivity contribution in [3.63, 3.8) is 0 Å². The summed E-state index contributed by atoms with van der Waals surface area (Å²) in [6.45, 7) is 0.401. The molecule has 86 valence electrons. The Morgan fingerprint density at radius 3 is 2.76 bits per heavy atom. The van der Waals surface area contributed by atoms with Gasteiger partial charge in [-0.05, 0) is 17.7 Å². The summed E-state index contributed by atoms with van der Waals surface area (Å²) < 4.78 is 0. The number of carbonyl (C=O) groups excluding carboxylic acids is 1. The number of rotatable bonds is 3. The van der Waals surface area contributed by atoms with Gasteiger partial charge in [0.25, 0.3) is 5.91 Å². The zero-order chi connectivity index (χ0) is 12.1. The van der Waals surface area contributed by atoms with Crippen LogP contribution in [-0.4, -0.2) is 15.9 Å². The van der Waals surface area contributed by atoms with Crippen LogP contribution < -0.4 is 10.7 Å². The van der Waals surface area contributed by atoms with Gasteiger partial charge in [-0.1, -0.05) is 0 Å². The average molecular weight is 229 g/mol. The first-order chi connectivity index (χ1) is 8.25. The third kappa shape index (κ3) is 3.01. The van der Waals surface area contributed by atoms with Gasteiger partial charge in [0.15, 0.2) is 5.43 Å². The van der Waals surface area contributed by atoms with Gasteiger partial charge < -0.3 is 10.3 Å². The lowest BCUT2D eigenvalue weighted by atomic mass is 10.2. The van der Waals surface area contributed by atoms with Gasteiger partial charge in [-0.25, -0.2) is 0 Å². The highest BCUT2D eigenvalue weighted by Gasteiger charge is 2.05. The van der Waals surface area contributed by atoms with E-state index >= 15 is 0 Å². The Hall–Kier alpha value is -2.43. The van der Waals surface area contributed by atoms with Gasteiger partial charge in [0.1, 0.15) is 5.69 Å². The van der Waals surface area contributed by atoms with E-state index in [-0.39, 0.29) is 17.0 Å². The van der Waals surface area contributed by atoms with E-state index in [2.05, 4.69) is 15.3 Å². The van der Waals surface area contributed by atoms with Crippen molar-refractivity contribution in [2.45, 2.75) is 6.54 Å². The molecule has 0 aromatic carbocycles. The Kier molecular flexibility index (Phi) is 3.30. The smallest absolute Gasteiger partial charge is 0.268 e. The van der Waals surface area contributed by atoms with Gasteiger partial charge in [-0.3, -0.25) is 14.6 Å². The van der Waals surface area contributed by atoms with Crippen LogP contribution in [0.2, 0.25) is 0 Å². The van der Waals surface area contributed by atoms with E-state index in [1.54, 1.807) is 12.4 Å². The van der Waals surface area contributed by atoms with Gasteiger partial charge in [0, 0.05) is 37.3 Å². The minimum absolute atomic E-state index is 0.196. The summed E-state index contributed by atoms with van der Waals surface area (Å²) in [7, 11) is 0. The second-order valence-electron chi connectivity index (χ2n) is 3.48. The maximum atomic E-state index is 11.7. The molecule has 0 fully saturated rings. The molecule has 5 heteroatoms. The van der Waals surface area contributed by atoms with Crippen LogP contribution in [0.5, 0.6) is 0 Å². The highest BCUT2D eigenvalue weighted by molar-refractivity contribution is 5.92. The number of aromatic nitrogens is 2. The molecule has 2 aromatic heterocycles. The van der Waals surface area contributed by atoms with Gasteiger partial charge in [-0.2, -0.15) is 0 Å². The minimum atomic E-state index is -0.306. The summed E-state index contributed by atoms with van der Waals surface area (Å²) in [5.74, 6) is -0.306. The number of H-pyrrole nitrogens is 1. The fraction of sp³-hybridized carbons (Fsp3) is 0.0833. The maximum Gasteiger partial charge on any atom is 0.268 e. The summed E-state index contributed by atoms with van der Waals surface area (Å²) >= 11 is 0. The molecule has 2 heterocycles.